The SMILES string of the molecule is CCNC(Cc1cncc(Br)c1)C1CCCC1C. The largest absolute Gasteiger partial charge is 0.314 e. The average molecular weight is 311 g/mol. The van der Waals surface area contributed by atoms with Crippen molar-refractivity contribution in [1.29, 1.82) is 0 Å². The molecule has 2 nitrogen and oxygen atoms in total. The Morgan fingerprint density at radius 3 is 2.89 bits per heavy atom. The van der Waals surface area contributed by atoms with E-state index < -0.39 is 0 Å². The molecule has 100 valence electrons. The van der Waals surface area contributed by atoms with Gasteiger partial charge in [0.2, 0.25) is 0 Å². The molecule has 1 aromatic rings. The van der Waals surface area contributed by atoms with E-state index in [1.807, 2.05) is 12.4 Å². The van der Waals surface area contributed by atoms with Crippen LogP contribution in [-0.4, -0.2) is 17.6 Å². The maximum atomic E-state index is 4.27. The van der Waals surface area contributed by atoms with Crippen LogP contribution in [0.2, 0.25) is 0 Å². The van der Waals surface area contributed by atoms with Crippen molar-refractivity contribution in [2.75, 3.05) is 6.54 Å². The number of hydrogen-bond acceptors (Lipinski definition) is 2. The first-order valence-corrected chi connectivity index (χ1v) is 7.82. The van der Waals surface area contributed by atoms with Gasteiger partial charge in [-0.2, -0.15) is 0 Å². The number of nitrogens with one attached hydrogen (secondary N) is 1. The number of aromatic nitrogens is 1. The molecule has 1 fully saturated rings. The average Bonchev–Trinajstić information content (AvgIpc) is 2.75. The summed E-state index contributed by atoms with van der Waals surface area (Å²) in [6, 6.07) is 2.79. The van der Waals surface area contributed by atoms with Crippen LogP contribution in [0, 0.1) is 11.8 Å². The van der Waals surface area contributed by atoms with Gasteiger partial charge in [0.05, 0.1) is 0 Å². The molecule has 1 aliphatic rings. The van der Waals surface area contributed by atoms with Crippen LogP contribution in [-0.2, 0) is 6.42 Å². The molecule has 18 heavy (non-hydrogen) atoms. The van der Waals surface area contributed by atoms with Crippen molar-refractivity contribution in [1.82, 2.24) is 10.3 Å². The van der Waals surface area contributed by atoms with Gasteiger partial charge in [0, 0.05) is 22.9 Å². The van der Waals surface area contributed by atoms with Gasteiger partial charge in [-0.05, 0) is 58.8 Å². The Labute approximate surface area is 119 Å². The Morgan fingerprint density at radius 2 is 2.28 bits per heavy atom. The minimum Gasteiger partial charge on any atom is -0.314 e. The third kappa shape index (κ3) is 3.55. The van der Waals surface area contributed by atoms with E-state index in [-0.39, 0.29) is 0 Å². The molecule has 0 aromatic carbocycles. The standard InChI is InChI=1S/C15H23BrN2/c1-3-18-15(14-6-4-5-11(14)2)8-12-7-13(16)10-17-9-12/h7,9-11,14-15,18H,3-6,8H2,1-2H3. The van der Waals surface area contributed by atoms with Crippen LogP contribution in [0.25, 0.3) is 0 Å². The van der Waals surface area contributed by atoms with Gasteiger partial charge in [0.1, 0.15) is 0 Å². The zero-order chi connectivity index (χ0) is 13.0. The lowest BCUT2D eigenvalue weighted by atomic mass is 9.86. The smallest absolute Gasteiger partial charge is 0.0410 e. The van der Waals surface area contributed by atoms with E-state index in [2.05, 4.69) is 46.1 Å². The quantitative estimate of drug-likeness (QED) is 0.894. The van der Waals surface area contributed by atoms with Crippen molar-refractivity contribution in [2.45, 2.75) is 45.6 Å². The van der Waals surface area contributed by atoms with Crippen molar-refractivity contribution >= 4 is 15.9 Å². The molecule has 3 unspecified atom stereocenters. The van der Waals surface area contributed by atoms with Crippen LogP contribution in [0.3, 0.4) is 0 Å². The number of halogens is 1. The second-order valence-electron chi connectivity index (χ2n) is 5.45. The topological polar surface area (TPSA) is 24.9 Å². The van der Waals surface area contributed by atoms with Crippen LogP contribution in [0.1, 0.15) is 38.7 Å². The maximum Gasteiger partial charge on any atom is 0.0410 e. The molecule has 0 aliphatic heterocycles. The summed E-state index contributed by atoms with van der Waals surface area (Å²) in [6.07, 6.45) is 9.10. The van der Waals surface area contributed by atoms with E-state index in [9.17, 15) is 0 Å². The Kier molecular flexibility index (Phi) is 5.19. The van der Waals surface area contributed by atoms with E-state index in [4.69, 9.17) is 0 Å². The summed E-state index contributed by atoms with van der Waals surface area (Å²) in [6.45, 7) is 5.66. The van der Waals surface area contributed by atoms with Crippen LogP contribution in [0.15, 0.2) is 22.9 Å². The summed E-state index contributed by atoms with van der Waals surface area (Å²) in [4.78, 5) is 4.27. The number of likely N-dealkylation sites (N-methyl/N-ethyl adjacent to an activating group) is 1. The van der Waals surface area contributed by atoms with E-state index in [0.717, 1.165) is 29.3 Å². The third-order valence-electron chi connectivity index (χ3n) is 4.13. The van der Waals surface area contributed by atoms with Gasteiger partial charge in [0.25, 0.3) is 0 Å². The van der Waals surface area contributed by atoms with Crippen LogP contribution >= 0.6 is 15.9 Å². The Balaban J connectivity index is 2.06. The van der Waals surface area contributed by atoms with Gasteiger partial charge in [-0.1, -0.05) is 26.7 Å². The van der Waals surface area contributed by atoms with Crippen molar-refractivity contribution < 1.29 is 0 Å². The fourth-order valence-electron chi connectivity index (χ4n) is 3.23. The lowest BCUT2D eigenvalue weighted by Gasteiger charge is -2.28. The predicted octanol–water partition coefficient (Wildman–Crippen LogP) is 3.80. The maximum absolute atomic E-state index is 4.27. The number of nitrogens with zero attached hydrogens (tertiary/aromatic N) is 1. The van der Waals surface area contributed by atoms with Gasteiger partial charge in [0.15, 0.2) is 0 Å². The first-order chi connectivity index (χ1) is 8.70. The van der Waals surface area contributed by atoms with Crippen molar-refractivity contribution in [3.63, 3.8) is 0 Å². The summed E-state index contributed by atoms with van der Waals surface area (Å²) in [5.74, 6) is 1.68. The second kappa shape index (κ2) is 6.67. The fraction of sp³-hybridized carbons (Fsp3) is 0.667. The zero-order valence-corrected chi connectivity index (χ0v) is 12.9. The predicted molar refractivity (Wildman–Crippen MR) is 79.6 cm³/mol. The highest BCUT2D eigenvalue weighted by Crippen LogP contribution is 2.34. The molecule has 0 saturated heterocycles. The third-order valence-corrected chi connectivity index (χ3v) is 4.56. The van der Waals surface area contributed by atoms with Gasteiger partial charge in [-0.25, -0.2) is 0 Å². The molecule has 1 aliphatic carbocycles. The Morgan fingerprint density at radius 1 is 1.44 bits per heavy atom. The molecule has 0 radical (unpaired) electrons. The highest BCUT2D eigenvalue weighted by Gasteiger charge is 2.30. The lowest BCUT2D eigenvalue weighted by Crippen LogP contribution is -2.39. The molecule has 0 amide bonds. The number of rotatable bonds is 5. The summed E-state index contributed by atoms with van der Waals surface area (Å²) in [7, 11) is 0. The molecule has 3 heteroatoms. The summed E-state index contributed by atoms with van der Waals surface area (Å²) in [5.41, 5.74) is 1.33. The van der Waals surface area contributed by atoms with Crippen molar-refractivity contribution in [2.24, 2.45) is 11.8 Å². The van der Waals surface area contributed by atoms with Gasteiger partial charge in [-0.3, -0.25) is 4.98 Å². The van der Waals surface area contributed by atoms with Gasteiger partial charge in [-0.15, -0.1) is 0 Å². The molecular formula is C15H23BrN2. The molecule has 1 heterocycles. The molecule has 1 aromatic heterocycles. The monoisotopic (exact) mass is 310 g/mol. The van der Waals surface area contributed by atoms with Crippen LogP contribution in [0.4, 0.5) is 0 Å². The first kappa shape index (κ1) is 14.0. The van der Waals surface area contributed by atoms with E-state index in [1.165, 1.54) is 24.8 Å². The molecular weight excluding hydrogens is 288 g/mol. The highest BCUT2D eigenvalue weighted by atomic mass is 79.9. The minimum absolute atomic E-state index is 0.601. The zero-order valence-electron chi connectivity index (χ0n) is 11.3. The Hall–Kier alpha value is -0.410. The van der Waals surface area contributed by atoms with Crippen molar-refractivity contribution in [3.8, 4) is 0 Å². The Bertz CT molecular complexity index is 381. The summed E-state index contributed by atoms with van der Waals surface area (Å²) >= 11 is 3.50. The van der Waals surface area contributed by atoms with Gasteiger partial charge < -0.3 is 5.32 Å². The van der Waals surface area contributed by atoms with Crippen molar-refractivity contribution in [3.05, 3.63) is 28.5 Å². The molecule has 2 rings (SSSR count). The molecule has 1 N–H and O–H groups in total. The first-order valence-electron chi connectivity index (χ1n) is 7.03. The fourth-order valence-corrected chi connectivity index (χ4v) is 3.64. The second-order valence-corrected chi connectivity index (χ2v) is 6.37. The van der Waals surface area contributed by atoms with Crippen LogP contribution < -0.4 is 5.32 Å². The summed E-state index contributed by atoms with van der Waals surface area (Å²) in [5, 5.41) is 3.68. The van der Waals surface area contributed by atoms with Gasteiger partial charge >= 0.3 is 0 Å². The lowest BCUT2D eigenvalue weighted by molar-refractivity contribution is 0.298. The minimum atomic E-state index is 0.601. The molecule has 3 atom stereocenters. The number of pyridine rings is 1. The van der Waals surface area contributed by atoms with E-state index in [0.29, 0.717) is 6.04 Å². The summed E-state index contributed by atoms with van der Waals surface area (Å²) < 4.78 is 1.08. The normalized spacial score (nSPS) is 25.3. The number of hydrogen-bond donors (Lipinski definition) is 1. The van der Waals surface area contributed by atoms with E-state index >= 15 is 0 Å². The molecule has 0 bridgehead atoms. The highest BCUT2D eigenvalue weighted by molar-refractivity contribution is 9.10. The van der Waals surface area contributed by atoms with E-state index in [1.54, 1.807) is 0 Å². The molecule has 0 spiro atoms. The molecule has 1 saturated carbocycles. The van der Waals surface area contributed by atoms with Crippen LogP contribution in [0.5, 0.6) is 0 Å².